The third kappa shape index (κ3) is 5.40. The largest absolute Gasteiger partial charge is 0.490 e. The van der Waals surface area contributed by atoms with Crippen molar-refractivity contribution in [2.45, 2.75) is 6.18 Å². The van der Waals surface area contributed by atoms with Crippen molar-refractivity contribution in [2.75, 3.05) is 19.8 Å². The summed E-state index contributed by atoms with van der Waals surface area (Å²) >= 11 is 0. The molecule has 1 heterocycles. The van der Waals surface area contributed by atoms with Crippen molar-refractivity contribution >= 4 is 5.97 Å². The number of hydrogen-bond acceptors (Lipinski definition) is 2. The first kappa shape index (κ1) is 12.2. The molecule has 1 saturated heterocycles. The summed E-state index contributed by atoms with van der Waals surface area (Å²) < 4.78 is 43.1. The lowest BCUT2D eigenvalue weighted by Gasteiger charge is -2.23. The lowest BCUT2D eigenvalue weighted by Crippen LogP contribution is -2.42. The third-order valence-corrected chi connectivity index (χ3v) is 1.33. The molecule has 0 atom stereocenters. The molecule has 0 aromatic heterocycles. The molecular formula is C6H9F4NO2. The Kier molecular flexibility index (Phi) is 4.68. The van der Waals surface area contributed by atoms with Gasteiger partial charge in [0.2, 0.25) is 0 Å². The molecule has 2 N–H and O–H groups in total. The van der Waals surface area contributed by atoms with Gasteiger partial charge in [-0.25, -0.2) is 4.79 Å². The van der Waals surface area contributed by atoms with E-state index in [2.05, 4.69) is 5.32 Å². The van der Waals surface area contributed by atoms with Crippen LogP contribution in [-0.2, 0) is 4.79 Å². The van der Waals surface area contributed by atoms with Gasteiger partial charge in [-0.3, -0.25) is 4.39 Å². The van der Waals surface area contributed by atoms with Crippen molar-refractivity contribution in [3.8, 4) is 0 Å². The van der Waals surface area contributed by atoms with Gasteiger partial charge in [-0.2, -0.15) is 13.2 Å². The summed E-state index contributed by atoms with van der Waals surface area (Å²) in [6, 6.07) is 0. The van der Waals surface area contributed by atoms with Crippen molar-refractivity contribution in [1.29, 1.82) is 0 Å². The number of halogens is 4. The average Bonchev–Trinajstić information content (AvgIpc) is 1.83. The standard InChI is InChI=1S/C4H8FN.C2HF3O2/c5-1-4-2-6-3-4;3-2(4,5)1(6)7/h4,6H,1-3H2;(H,6,7). The molecule has 1 fully saturated rings. The van der Waals surface area contributed by atoms with E-state index in [1.807, 2.05) is 0 Å². The van der Waals surface area contributed by atoms with E-state index in [1.165, 1.54) is 0 Å². The number of nitrogens with one attached hydrogen (secondary N) is 1. The zero-order valence-corrected chi connectivity index (χ0v) is 6.57. The van der Waals surface area contributed by atoms with Gasteiger partial charge < -0.3 is 10.4 Å². The van der Waals surface area contributed by atoms with Crippen LogP contribution >= 0.6 is 0 Å². The van der Waals surface area contributed by atoms with E-state index < -0.39 is 12.1 Å². The number of carboxylic acids is 1. The quantitative estimate of drug-likeness (QED) is 0.620. The van der Waals surface area contributed by atoms with Crippen LogP contribution in [-0.4, -0.2) is 37.0 Å². The summed E-state index contributed by atoms with van der Waals surface area (Å²) in [5, 5.41) is 10.1. The number of aliphatic carboxylic acids is 1. The normalized spacial score (nSPS) is 16.9. The monoisotopic (exact) mass is 203 g/mol. The smallest absolute Gasteiger partial charge is 0.475 e. The molecule has 13 heavy (non-hydrogen) atoms. The number of rotatable bonds is 1. The zero-order valence-electron chi connectivity index (χ0n) is 6.57. The first-order chi connectivity index (χ1) is 5.88. The van der Waals surface area contributed by atoms with Crippen molar-refractivity contribution in [3.63, 3.8) is 0 Å². The number of carbonyl (C=O) groups is 1. The van der Waals surface area contributed by atoms with E-state index >= 15 is 0 Å². The maximum absolute atomic E-state index is 11.4. The molecule has 0 aromatic rings. The topological polar surface area (TPSA) is 49.3 Å². The Morgan fingerprint density at radius 3 is 1.85 bits per heavy atom. The summed E-state index contributed by atoms with van der Waals surface area (Å²) in [6.07, 6.45) is -5.08. The second kappa shape index (κ2) is 5.00. The first-order valence-corrected chi connectivity index (χ1v) is 3.44. The maximum Gasteiger partial charge on any atom is 0.490 e. The van der Waals surface area contributed by atoms with Gasteiger partial charge in [0.05, 0.1) is 6.67 Å². The Bertz CT molecular complexity index is 164. The summed E-state index contributed by atoms with van der Waals surface area (Å²) in [6.45, 7) is 1.63. The van der Waals surface area contributed by atoms with Gasteiger partial charge >= 0.3 is 12.1 Å². The van der Waals surface area contributed by atoms with Crippen LogP contribution in [0.4, 0.5) is 17.6 Å². The van der Waals surface area contributed by atoms with Gasteiger partial charge in [-0.15, -0.1) is 0 Å². The second-order valence-electron chi connectivity index (χ2n) is 2.48. The van der Waals surface area contributed by atoms with E-state index in [0.717, 1.165) is 13.1 Å². The minimum Gasteiger partial charge on any atom is -0.475 e. The minimum atomic E-state index is -5.08. The first-order valence-electron chi connectivity index (χ1n) is 3.44. The highest BCUT2D eigenvalue weighted by Gasteiger charge is 2.38. The minimum absolute atomic E-state index is 0.146. The van der Waals surface area contributed by atoms with Gasteiger partial charge in [0.1, 0.15) is 0 Å². The zero-order chi connectivity index (χ0) is 10.5. The van der Waals surface area contributed by atoms with Gasteiger partial charge in [-0.1, -0.05) is 0 Å². The van der Waals surface area contributed by atoms with Gasteiger partial charge in [0, 0.05) is 19.0 Å². The summed E-state index contributed by atoms with van der Waals surface area (Å²) in [5.74, 6) is -2.42. The van der Waals surface area contributed by atoms with Crippen LogP contribution in [0.2, 0.25) is 0 Å². The highest BCUT2D eigenvalue weighted by atomic mass is 19.4. The van der Waals surface area contributed by atoms with Crippen molar-refractivity contribution in [2.24, 2.45) is 5.92 Å². The van der Waals surface area contributed by atoms with Gasteiger partial charge in [0.25, 0.3) is 0 Å². The van der Waals surface area contributed by atoms with Crippen molar-refractivity contribution in [3.05, 3.63) is 0 Å². The van der Waals surface area contributed by atoms with Crippen LogP contribution in [0.3, 0.4) is 0 Å². The molecule has 0 bridgehead atoms. The fourth-order valence-electron chi connectivity index (χ4n) is 0.458. The molecule has 1 rings (SSSR count). The Labute approximate surface area is 71.7 Å². The average molecular weight is 203 g/mol. The highest BCUT2D eigenvalue weighted by Crippen LogP contribution is 2.13. The Balaban J connectivity index is 0.000000223. The lowest BCUT2D eigenvalue weighted by atomic mass is 10.1. The van der Waals surface area contributed by atoms with Crippen LogP contribution in [0.25, 0.3) is 0 Å². The molecule has 1 aliphatic heterocycles. The van der Waals surface area contributed by atoms with E-state index in [1.54, 1.807) is 0 Å². The Hall–Kier alpha value is -0.850. The molecule has 3 nitrogen and oxygen atoms in total. The maximum atomic E-state index is 11.4. The van der Waals surface area contributed by atoms with Crippen LogP contribution in [0.15, 0.2) is 0 Å². The molecule has 0 amide bonds. The van der Waals surface area contributed by atoms with E-state index in [0.29, 0.717) is 5.92 Å². The number of alkyl halides is 4. The van der Waals surface area contributed by atoms with Crippen molar-refractivity contribution in [1.82, 2.24) is 5.32 Å². The SMILES string of the molecule is FCC1CNC1.O=C(O)C(F)(F)F. The summed E-state index contributed by atoms with van der Waals surface area (Å²) in [4.78, 5) is 8.90. The molecule has 1 aliphatic rings. The van der Waals surface area contributed by atoms with Crippen molar-refractivity contribution < 1.29 is 27.5 Å². The molecular weight excluding hydrogens is 194 g/mol. The fraction of sp³-hybridized carbons (Fsp3) is 0.833. The predicted molar refractivity (Wildman–Crippen MR) is 36.0 cm³/mol. The summed E-state index contributed by atoms with van der Waals surface area (Å²) in [7, 11) is 0. The lowest BCUT2D eigenvalue weighted by molar-refractivity contribution is -0.192. The molecule has 0 radical (unpaired) electrons. The van der Waals surface area contributed by atoms with Crippen LogP contribution in [0.5, 0.6) is 0 Å². The molecule has 0 aliphatic carbocycles. The molecule has 0 spiro atoms. The van der Waals surface area contributed by atoms with E-state index in [4.69, 9.17) is 9.90 Å². The van der Waals surface area contributed by atoms with Gasteiger partial charge in [0.15, 0.2) is 0 Å². The molecule has 0 unspecified atom stereocenters. The van der Waals surface area contributed by atoms with E-state index in [-0.39, 0.29) is 6.67 Å². The van der Waals surface area contributed by atoms with E-state index in [9.17, 15) is 17.6 Å². The number of hydrogen-bond donors (Lipinski definition) is 2. The van der Waals surface area contributed by atoms with Gasteiger partial charge in [-0.05, 0) is 0 Å². The second-order valence-corrected chi connectivity index (χ2v) is 2.48. The van der Waals surface area contributed by atoms with Crippen LogP contribution < -0.4 is 5.32 Å². The molecule has 0 saturated carbocycles. The fourth-order valence-corrected chi connectivity index (χ4v) is 0.458. The molecule has 0 aromatic carbocycles. The van der Waals surface area contributed by atoms with Crippen LogP contribution in [0.1, 0.15) is 0 Å². The summed E-state index contributed by atoms with van der Waals surface area (Å²) in [5.41, 5.74) is 0. The third-order valence-electron chi connectivity index (χ3n) is 1.33. The highest BCUT2D eigenvalue weighted by molar-refractivity contribution is 5.73. The Morgan fingerprint density at radius 2 is 1.85 bits per heavy atom. The number of carboxylic acid groups (broad SMARTS) is 1. The van der Waals surface area contributed by atoms with Crippen LogP contribution in [0, 0.1) is 5.92 Å². The molecule has 7 heteroatoms. The molecule has 78 valence electrons. The Morgan fingerprint density at radius 1 is 1.46 bits per heavy atom. The predicted octanol–water partition coefficient (Wildman–Crippen LogP) is 0.809.